The summed E-state index contributed by atoms with van der Waals surface area (Å²) in [7, 11) is 6.49. The molecule has 1 aromatic carbocycles. The molecule has 0 bridgehead atoms. The number of methoxy groups -OCH3 is 2. The second-order valence-corrected chi connectivity index (χ2v) is 6.67. The van der Waals surface area contributed by atoms with E-state index in [0.717, 1.165) is 5.56 Å². The number of ether oxygens (including phenoxy) is 2. The lowest BCUT2D eigenvalue weighted by molar-refractivity contribution is -0.128. The average molecular weight is 365 g/mol. The molecule has 0 aromatic heterocycles. The highest BCUT2D eigenvalue weighted by Crippen LogP contribution is 2.28. The molecule has 1 aliphatic rings. The van der Waals surface area contributed by atoms with Crippen LogP contribution in [0.15, 0.2) is 23.2 Å². The number of aliphatic imine (C=N–C) groups is 1. The zero-order valence-corrected chi connectivity index (χ0v) is 15.7. The van der Waals surface area contributed by atoms with Gasteiger partial charge in [-0.1, -0.05) is 17.8 Å². The highest BCUT2D eigenvalue weighted by atomic mass is 32.2. The molecular formula is C17H23N3O4S. The van der Waals surface area contributed by atoms with Crippen LogP contribution in [0.25, 0.3) is 0 Å². The summed E-state index contributed by atoms with van der Waals surface area (Å²) in [5, 5.41) is 3.11. The van der Waals surface area contributed by atoms with Crippen molar-refractivity contribution in [2.45, 2.75) is 18.1 Å². The van der Waals surface area contributed by atoms with Crippen LogP contribution in [0.4, 0.5) is 0 Å². The molecule has 0 unspecified atom stereocenters. The largest absolute Gasteiger partial charge is 0.493 e. The number of rotatable bonds is 7. The molecule has 1 aromatic rings. The number of thioether (sulfide) groups is 1. The lowest BCUT2D eigenvalue weighted by Gasteiger charge is -2.11. The Morgan fingerprint density at radius 3 is 2.64 bits per heavy atom. The Labute approximate surface area is 151 Å². The van der Waals surface area contributed by atoms with Crippen LogP contribution in [0.3, 0.4) is 0 Å². The highest BCUT2D eigenvalue weighted by molar-refractivity contribution is 8.15. The van der Waals surface area contributed by atoms with E-state index in [0.29, 0.717) is 29.6 Å². The average Bonchev–Trinajstić information content (AvgIpc) is 2.89. The standard InChI is InChI=1S/C17H23N3O4S/c1-18-17-20(2)16(22)14(25-17)10-15(21)19-8-7-11-5-6-12(23-3)13(9-11)24-4/h5-6,9,14H,7-8,10H2,1-4H3,(H,19,21)/t14-/m1/s1. The topological polar surface area (TPSA) is 80.2 Å². The number of carbonyl (C=O) groups is 2. The van der Waals surface area contributed by atoms with E-state index in [1.165, 1.54) is 16.7 Å². The van der Waals surface area contributed by atoms with Gasteiger partial charge in [-0.3, -0.25) is 19.5 Å². The van der Waals surface area contributed by atoms with Gasteiger partial charge in [0.2, 0.25) is 11.8 Å². The van der Waals surface area contributed by atoms with Crippen molar-refractivity contribution < 1.29 is 19.1 Å². The smallest absolute Gasteiger partial charge is 0.242 e. The fourth-order valence-electron chi connectivity index (χ4n) is 2.52. The van der Waals surface area contributed by atoms with Gasteiger partial charge in [0.1, 0.15) is 5.25 Å². The Hall–Kier alpha value is -2.22. The van der Waals surface area contributed by atoms with Gasteiger partial charge in [-0.05, 0) is 24.1 Å². The Bertz CT molecular complexity index is 678. The van der Waals surface area contributed by atoms with Crippen LogP contribution in [0.1, 0.15) is 12.0 Å². The van der Waals surface area contributed by atoms with E-state index >= 15 is 0 Å². The molecule has 0 radical (unpaired) electrons. The Balaban J connectivity index is 1.82. The number of amides is 2. The molecule has 8 heteroatoms. The fraction of sp³-hybridized carbons (Fsp3) is 0.471. The molecule has 0 saturated carbocycles. The zero-order chi connectivity index (χ0) is 18.4. The number of nitrogens with one attached hydrogen (secondary N) is 1. The number of nitrogens with zero attached hydrogens (tertiary/aromatic N) is 2. The van der Waals surface area contributed by atoms with Gasteiger partial charge in [0.05, 0.1) is 14.2 Å². The number of hydrogen-bond donors (Lipinski definition) is 1. The van der Waals surface area contributed by atoms with Crippen molar-refractivity contribution >= 4 is 28.7 Å². The van der Waals surface area contributed by atoms with E-state index in [-0.39, 0.29) is 18.2 Å². The molecule has 0 aliphatic carbocycles. The van der Waals surface area contributed by atoms with Crippen molar-refractivity contribution in [3.8, 4) is 11.5 Å². The van der Waals surface area contributed by atoms with Gasteiger partial charge in [-0.15, -0.1) is 0 Å². The molecule has 1 heterocycles. The van der Waals surface area contributed by atoms with Crippen LogP contribution in [0, 0.1) is 0 Å². The lowest BCUT2D eigenvalue weighted by Crippen LogP contribution is -2.33. The van der Waals surface area contributed by atoms with E-state index in [1.807, 2.05) is 18.2 Å². The minimum absolute atomic E-state index is 0.0827. The number of carbonyl (C=O) groups excluding carboxylic acids is 2. The molecule has 2 amide bonds. The van der Waals surface area contributed by atoms with Gasteiger partial charge in [-0.25, -0.2) is 0 Å². The van der Waals surface area contributed by atoms with Gasteiger partial charge >= 0.3 is 0 Å². The summed E-state index contributed by atoms with van der Waals surface area (Å²) in [5.41, 5.74) is 1.03. The molecule has 7 nitrogen and oxygen atoms in total. The van der Waals surface area contributed by atoms with Crippen LogP contribution in [0.5, 0.6) is 11.5 Å². The molecule has 1 N–H and O–H groups in total. The number of hydrogen-bond acceptors (Lipinski definition) is 6. The summed E-state index contributed by atoms with van der Waals surface area (Å²) in [4.78, 5) is 29.7. The molecule has 1 fully saturated rings. The van der Waals surface area contributed by atoms with Crippen LogP contribution in [-0.4, -0.2) is 62.0 Å². The Kier molecular flexibility index (Phi) is 6.69. The fourth-order valence-corrected chi connectivity index (χ4v) is 3.62. The molecular weight excluding hydrogens is 342 g/mol. The molecule has 1 aliphatic heterocycles. The first kappa shape index (κ1) is 19.1. The summed E-state index contributed by atoms with van der Waals surface area (Å²) < 4.78 is 10.5. The maximum Gasteiger partial charge on any atom is 0.242 e. The highest BCUT2D eigenvalue weighted by Gasteiger charge is 2.36. The van der Waals surface area contributed by atoms with Gasteiger partial charge in [0.15, 0.2) is 16.7 Å². The van der Waals surface area contributed by atoms with Crippen LogP contribution in [0.2, 0.25) is 0 Å². The molecule has 0 spiro atoms. The van der Waals surface area contributed by atoms with Crippen LogP contribution >= 0.6 is 11.8 Å². The van der Waals surface area contributed by atoms with E-state index < -0.39 is 5.25 Å². The van der Waals surface area contributed by atoms with Crippen molar-refractivity contribution in [3.05, 3.63) is 23.8 Å². The second kappa shape index (κ2) is 8.75. The van der Waals surface area contributed by atoms with Crippen molar-refractivity contribution in [1.82, 2.24) is 10.2 Å². The van der Waals surface area contributed by atoms with Gasteiger partial charge in [-0.2, -0.15) is 0 Å². The maximum atomic E-state index is 12.1. The number of benzene rings is 1. The van der Waals surface area contributed by atoms with Gasteiger partial charge in [0, 0.05) is 27.1 Å². The molecule has 25 heavy (non-hydrogen) atoms. The van der Waals surface area contributed by atoms with Crippen molar-refractivity contribution in [1.29, 1.82) is 0 Å². The Morgan fingerprint density at radius 2 is 2.04 bits per heavy atom. The SMILES string of the molecule is CN=C1S[C@H](CC(=O)NCCc2ccc(OC)c(OC)c2)C(=O)N1C. The first-order valence-corrected chi connectivity index (χ1v) is 8.76. The van der Waals surface area contributed by atoms with Gasteiger partial charge < -0.3 is 14.8 Å². The first-order chi connectivity index (χ1) is 12.0. The number of amidine groups is 1. The maximum absolute atomic E-state index is 12.1. The summed E-state index contributed by atoms with van der Waals surface area (Å²) in [5.74, 6) is 1.11. The second-order valence-electron chi connectivity index (χ2n) is 5.50. The van der Waals surface area contributed by atoms with Crippen molar-refractivity contribution in [2.75, 3.05) is 34.9 Å². The summed E-state index contributed by atoms with van der Waals surface area (Å²) >= 11 is 1.33. The lowest BCUT2D eigenvalue weighted by atomic mass is 10.1. The van der Waals surface area contributed by atoms with Crippen LogP contribution < -0.4 is 14.8 Å². The zero-order valence-electron chi connectivity index (χ0n) is 14.9. The first-order valence-electron chi connectivity index (χ1n) is 7.88. The predicted molar refractivity (Wildman–Crippen MR) is 98.4 cm³/mol. The Morgan fingerprint density at radius 1 is 1.32 bits per heavy atom. The summed E-state index contributed by atoms with van der Waals surface area (Å²) in [6.07, 6.45) is 0.818. The molecule has 136 valence electrons. The predicted octanol–water partition coefficient (Wildman–Crippen LogP) is 1.31. The van der Waals surface area contributed by atoms with E-state index in [9.17, 15) is 9.59 Å². The van der Waals surface area contributed by atoms with E-state index in [4.69, 9.17) is 9.47 Å². The minimum atomic E-state index is -0.398. The van der Waals surface area contributed by atoms with E-state index in [1.54, 1.807) is 28.3 Å². The minimum Gasteiger partial charge on any atom is -0.493 e. The summed E-state index contributed by atoms with van der Waals surface area (Å²) in [6, 6.07) is 5.66. The van der Waals surface area contributed by atoms with Gasteiger partial charge in [0.25, 0.3) is 0 Å². The molecule has 1 atom stereocenters. The third-order valence-corrected chi connectivity index (χ3v) is 5.21. The quantitative estimate of drug-likeness (QED) is 0.788. The third kappa shape index (κ3) is 4.66. The molecule has 2 rings (SSSR count). The van der Waals surface area contributed by atoms with Crippen molar-refractivity contribution in [3.63, 3.8) is 0 Å². The third-order valence-electron chi connectivity index (χ3n) is 3.89. The van der Waals surface area contributed by atoms with Crippen LogP contribution in [-0.2, 0) is 16.0 Å². The summed E-state index contributed by atoms with van der Waals surface area (Å²) in [6.45, 7) is 0.491. The normalized spacial score (nSPS) is 18.6. The molecule has 1 saturated heterocycles. The van der Waals surface area contributed by atoms with E-state index in [2.05, 4.69) is 10.3 Å². The monoisotopic (exact) mass is 365 g/mol. The van der Waals surface area contributed by atoms with Crippen molar-refractivity contribution in [2.24, 2.45) is 4.99 Å².